The molecule has 88 valence electrons. The molecule has 1 heterocycles. The number of aromatic nitrogens is 1. The van der Waals surface area contributed by atoms with Crippen LogP contribution in [0, 0.1) is 3.70 Å². The summed E-state index contributed by atoms with van der Waals surface area (Å²) in [4.78, 5) is 15.2. The van der Waals surface area contributed by atoms with Gasteiger partial charge in [0, 0.05) is 10.9 Å². The number of pyridine rings is 1. The van der Waals surface area contributed by atoms with Crippen LogP contribution in [-0.2, 0) is 10.1 Å². The summed E-state index contributed by atoms with van der Waals surface area (Å²) >= 11 is 4.88. The Hall–Kier alpha value is -0.310. The Kier molecular flexibility index (Phi) is 5.03. The number of nitrogens with zero attached hydrogens (tertiary/aromatic N) is 1. The number of hydrogen-bond donors (Lipinski definition) is 0. The highest BCUT2D eigenvalue weighted by atomic mass is 127. The Balaban J connectivity index is 3.33. The zero-order valence-corrected chi connectivity index (χ0v) is 11.9. The number of hydrogen-bond acceptors (Lipinski definition) is 3. The molecule has 0 N–H and O–H groups in total. The van der Waals surface area contributed by atoms with Crippen molar-refractivity contribution in [1.29, 1.82) is 0 Å². The number of rotatable bonds is 3. The molecule has 0 fully saturated rings. The third-order valence-electron chi connectivity index (χ3n) is 1.86. The van der Waals surface area contributed by atoms with Gasteiger partial charge in [-0.3, -0.25) is 0 Å². The number of methoxy groups -OCH3 is 1. The molecule has 0 atom stereocenters. The van der Waals surface area contributed by atoms with Gasteiger partial charge < -0.3 is 4.74 Å². The Morgan fingerprint density at radius 1 is 1.69 bits per heavy atom. The first kappa shape index (κ1) is 13.8. The molecule has 1 aromatic rings. The van der Waals surface area contributed by atoms with Crippen LogP contribution in [0.15, 0.2) is 6.07 Å². The molecule has 1 aromatic heterocycles. The van der Waals surface area contributed by atoms with Crippen LogP contribution >= 0.6 is 38.5 Å². The fourth-order valence-electron chi connectivity index (χ4n) is 1.09. The zero-order valence-electron chi connectivity index (χ0n) is 8.14. The lowest BCUT2D eigenvalue weighted by atomic mass is 10.1. The summed E-state index contributed by atoms with van der Waals surface area (Å²) in [6.45, 7) is 0. The van der Waals surface area contributed by atoms with Gasteiger partial charge in [-0.2, -0.15) is 0 Å². The predicted octanol–water partition coefficient (Wildman–Crippen LogP) is 3.31. The van der Waals surface area contributed by atoms with Gasteiger partial charge in [-0.15, -0.1) is 0 Å². The van der Waals surface area contributed by atoms with E-state index in [4.69, 9.17) is 0 Å². The van der Waals surface area contributed by atoms with Crippen molar-refractivity contribution in [1.82, 2.24) is 4.98 Å². The van der Waals surface area contributed by atoms with Crippen molar-refractivity contribution in [3.05, 3.63) is 26.6 Å². The molecule has 0 radical (unpaired) electrons. The van der Waals surface area contributed by atoms with E-state index in [1.54, 1.807) is 0 Å². The lowest BCUT2D eigenvalue weighted by molar-refractivity contribution is 0.0598. The quantitative estimate of drug-likeness (QED) is 0.335. The third kappa shape index (κ3) is 2.88. The first-order valence-electron chi connectivity index (χ1n) is 4.13. The molecule has 0 amide bonds. The molecule has 0 aliphatic heterocycles. The summed E-state index contributed by atoms with van der Waals surface area (Å²) in [6.07, 6.45) is -2.67. The van der Waals surface area contributed by atoms with Crippen molar-refractivity contribution in [2.75, 3.05) is 7.11 Å². The molecule has 0 saturated carbocycles. The molecule has 16 heavy (non-hydrogen) atoms. The van der Waals surface area contributed by atoms with E-state index in [-0.39, 0.29) is 22.2 Å². The second-order valence-electron chi connectivity index (χ2n) is 2.79. The van der Waals surface area contributed by atoms with Crippen LogP contribution in [0.4, 0.5) is 8.78 Å². The van der Waals surface area contributed by atoms with Gasteiger partial charge in [-0.05, 0) is 28.7 Å². The minimum atomic E-state index is -2.67. The first-order valence-corrected chi connectivity index (χ1v) is 6.33. The average molecular weight is 406 g/mol. The maximum Gasteiger partial charge on any atom is 0.340 e. The SMILES string of the molecule is COC(=O)c1cc(C(F)F)c(CBr)nc1I. The van der Waals surface area contributed by atoms with Gasteiger partial charge in [0.05, 0.1) is 18.4 Å². The summed E-state index contributed by atoms with van der Waals surface area (Å²) in [5.74, 6) is -0.667. The lowest BCUT2D eigenvalue weighted by Gasteiger charge is -2.09. The van der Waals surface area contributed by atoms with Crippen molar-refractivity contribution in [3.63, 3.8) is 0 Å². The number of esters is 1. The molecule has 7 heteroatoms. The molecule has 0 unspecified atom stereocenters. The van der Waals surface area contributed by atoms with E-state index in [9.17, 15) is 13.6 Å². The fourth-order valence-corrected chi connectivity index (χ4v) is 2.21. The summed E-state index contributed by atoms with van der Waals surface area (Å²) in [5.41, 5.74) is 0.0350. The van der Waals surface area contributed by atoms with Crippen molar-refractivity contribution < 1.29 is 18.3 Å². The minimum Gasteiger partial charge on any atom is -0.465 e. The van der Waals surface area contributed by atoms with Crippen LogP contribution in [0.5, 0.6) is 0 Å². The van der Waals surface area contributed by atoms with Gasteiger partial charge in [0.2, 0.25) is 0 Å². The number of carbonyl (C=O) groups excluding carboxylic acids is 1. The topological polar surface area (TPSA) is 39.2 Å². The van der Waals surface area contributed by atoms with E-state index < -0.39 is 12.4 Å². The molecule has 0 saturated heterocycles. The van der Waals surface area contributed by atoms with Gasteiger partial charge in [0.15, 0.2) is 0 Å². The summed E-state index contributed by atoms with van der Waals surface area (Å²) in [5, 5.41) is 0.212. The Labute approximate surface area is 113 Å². The van der Waals surface area contributed by atoms with Gasteiger partial charge in [0.1, 0.15) is 3.70 Å². The monoisotopic (exact) mass is 405 g/mol. The van der Waals surface area contributed by atoms with E-state index in [0.717, 1.165) is 6.07 Å². The maximum atomic E-state index is 12.7. The standard InChI is InChI=1S/C9H7BrF2INO2/c1-16-9(15)5-2-4(7(11)12)6(3-10)14-8(5)13/h2,7H,3H2,1H3. The Morgan fingerprint density at radius 3 is 2.75 bits per heavy atom. The number of ether oxygens (including phenoxy) is 1. The van der Waals surface area contributed by atoms with Crippen LogP contribution in [0.2, 0.25) is 0 Å². The molecular formula is C9H7BrF2INO2. The average Bonchev–Trinajstić information content (AvgIpc) is 2.27. The van der Waals surface area contributed by atoms with Crippen molar-refractivity contribution in [3.8, 4) is 0 Å². The maximum absolute atomic E-state index is 12.7. The highest BCUT2D eigenvalue weighted by Crippen LogP contribution is 2.26. The van der Waals surface area contributed by atoms with E-state index in [2.05, 4.69) is 25.7 Å². The van der Waals surface area contributed by atoms with E-state index in [1.165, 1.54) is 7.11 Å². The number of alkyl halides is 3. The summed E-state index contributed by atoms with van der Waals surface area (Å²) in [7, 11) is 1.19. The molecule has 0 spiro atoms. The molecule has 3 nitrogen and oxygen atoms in total. The molecule has 0 bridgehead atoms. The normalized spacial score (nSPS) is 10.6. The van der Waals surface area contributed by atoms with Crippen LogP contribution in [0.25, 0.3) is 0 Å². The number of carbonyl (C=O) groups is 1. The largest absolute Gasteiger partial charge is 0.465 e. The fraction of sp³-hybridized carbons (Fsp3) is 0.333. The molecule has 0 aliphatic carbocycles. The third-order valence-corrected chi connectivity index (χ3v) is 3.21. The number of halogens is 4. The van der Waals surface area contributed by atoms with Gasteiger partial charge in [-0.25, -0.2) is 18.6 Å². The van der Waals surface area contributed by atoms with Gasteiger partial charge in [-0.1, -0.05) is 15.9 Å². The van der Waals surface area contributed by atoms with Crippen LogP contribution in [0.1, 0.15) is 28.0 Å². The molecule has 0 aliphatic rings. The van der Waals surface area contributed by atoms with Crippen molar-refractivity contribution in [2.24, 2.45) is 0 Å². The Morgan fingerprint density at radius 2 is 2.31 bits per heavy atom. The highest BCUT2D eigenvalue weighted by Gasteiger charge is 2.20. The molecule has 0 aromatic carbocycles. The minimum absolute atomic E-state index is 0.0584. The zero-order chi connectivity index (χ0) is 12.3. The lowest BCUT2D eigenvalue weighted by Crippen LogP contribution is -2.09. The first-order chi connectivity index (χ1) is 7.51. The van der Waals surface area contributed by atoms with Crippen LogP contribution in [-0.4, -0.2) is 18.1 Å². The highest BCUT2D eigenvalue weighted by molar-refractivity contribution is 14.1. The van der Waals surface area contributed by atoms with E-state index in [0.29, 0.717) is 3.70 Å². The smallest absolute Gasteiger partial charge is 0.340 e. The van der Waals surface area contributed by atoms with Gasteiger partial charge in [0.25, 0.3) is 6.43 Å². The Bertz CT molecular complexity index is 415. The van der Waals surface area contributed by atoms with Gasteiger partial charge >= 0.3 is 5.97 Å². The van der Waals surface area contributed by atoms with Crippen molar-refractivity contribution in [2.45, 2.75) is 11.8 Å². The second kappa shape index (κ2) is 5.85. The predicted molar refractivity (Wildman–Crippen MR) is 65.9 cm³/mol. The van der Waals surface area contributed by atoms with Crippen molar-refractivity contribution >= 4 is 44.5 Å². The van der Waals surface area contributed by atoms with Crippen LogP contribution < -0.4 is 0 Å². The molecular weight excluding hydrogens is 399 g/mol. The summed E-state index contributed by atoms with van der Waals surface area (Å²) in [6, 6.07) is 1.13. The second-order valence-corrected chi connectivity index (χ2v) is 4.37. The molecule has 1 rings (SSSR count). The van der Waals surface area contributed by atoms with E-state index in [1.807, 2.05) is 22.6 Å². The summed E-state index contributed by atoms with van der Waals surface area (Å²) < 4.78 is 30.2. The van der Waals surface area contributed by atoms with E-state index >= 15 is 0 Å². The van der Waals surface area contributed by atoms with Crippen LogP contribution in [0.3, 0.4) is 0 Å².